The van der Waals surface area contributed by atoms with Gasteiger partial charge in [0.25, 0.3) is 0 Å². The van der Waals surface area contributed by atoms with Crippen LogP contribution >= 0.6 is 27.7 Å². The highest BCUT2D eigenvalue weighted by Gasteiger charge is 2.05. The molecular formula is C11H16BrNS. The maximum absolute atomic E-state index is 3.50. The van der Waals surface area contributed by atoms with Crippen molar-refractivity contribution < 1.29 is 0 Å². The predicted octanol–water partition coefficient (Wildman–Crippen LogP) is 3.67. The van der Waals surface area contributed by atoms with Crippen molar-refractivity contribution in [3.05, 3.63) is 28.2 Å². The Morgan fingerprint density at radius 3 is 2.71 bits per heavy atom. The predicted molar refractivity (Wildman–Crippen MR) is 67.9 cm³/mol. The molecule has 0 aliphatic carbocycles. The van der Waals surface area contributed by atoms with Gasteiger partial charge in [0.05, 0.1) is 0 Å². The minimum Gasteiger partial charge on any atom is -0.316 e. The van der Waals surface area contributed by atoms with Crippen LogP contribution in [0.25, 0.3) is 0 Å². The van der Waals surface area contributed by atoms with Gasteiger partial charge in [-0.15, -0.1) is 11.8 Å². The quantitative estimate of drug-likeness (QED) is 0.841. The Labute approximate surface area is 98.8 Å². The molecule has 0 radical (unpaired) electrons. The highest BCUT2D eigenvalue weighted by atomic mass is 79.9. The number of benzene rings is 1. The molecule has 78 valence electrons. The van der Waals surface area contributed by atoms with E-state index >= 15 is 0 Å². The van der Waals surface area contributed by atoms with Crippen molar-refractivity contribution in [1.29, 1.82) is 0 Å². The Balaban J connectivity index is 2.89. The monoisotopic (exact) mass is 273 g/mol. The molecule has 0 bridgehead atoms. The second-order valence-corrected chi connectivity index (χ2v) is 5.98. The van der Waals surface area contributed by atoms with Crippen molar-refractivity contribution in [2.45, 2.75) is 30.5 Å². The van der Waals surface area contributed by atoms with Gasteiger partial charge in [-0.2, -0.15) is 0 Å². The summed E-state index contributed by atoms with van der Waals surface area (Å²) >= 11 is 5.41. The van der Waals surface area contributed by atoms with Gasteiger partial charge in [0, 0.05) is 21.2 Å². The summed E-state index contributed by atoms with van der Waals surface area (Å²) in [5.41, 5.74) is 1.36. The topological polar surface area (TPSA) is 12.0 Å². The van der Waals surface area contributed by atoms with Gasteiger partial charge in [-0.05, 0) is 30.8 Å². The van der Waals surface area contributed by atoms with E-state index in [9.17, 15) is 0 Å². The Hall–Kier alpha value is 0.01000. The van der Waals surface area contributed by atoms with E-state index in [1.54, 1.807) is 0 Å². The zero-order valence-corrected chi connectivity index (χ0v) is 11.2. The van der Waals surface area contributed by atoms with E-state index in [1.165, 1.54) is 10.5 Å². The van der Waals surface area contributed by atoms with Crippen molar-refractivity contribution in [3.63, 3.8) is 0 Å². The molecule has 1 nitrogen and oxygen atoms in total. The van der Waals surface area contributed by atoms with Crippen LogP contribution in [0.4, 0.5) is 0 Å². The third kappa shape index (κ3) is 3.64. The zero-order valence-electron chi connectivity index (χ0n) is 8.80. The summed E-state index contributed by atoms with van der Waals surface area (Å²) in [6.45, 7) is 5.36. The van der Waals surface area contributed by atoms with Crippen molar-refractivity contribution >= 4 is 27.7 Å². The molecule has 0 aromatic heterocycles. The number of rotatable bonds is 4. The molecule has 0 aliphatic rings. The van der Waals surface area contributed by atoms with Gasteiger partial charge in [-0.1, -0.05) is 29.8 Å². The second kappa shape index (κ2) is 5.79. The van der Waals surface area contributed by atoms with E-state index in [4.69, 9.17) is 0 Å². The van der Waals surface area contributed by atoms with Crippen LogP contribution in [0.5, 0.6) is 0 Å². The molecule has 1 aromatic carbocycles. The SMILES string of the molecule is CNCc1cc(Br)ccc1SC(C)C. The second-order valence-electron chi connectivity index (χ2n) is 3.45. The lowest BCUT2D eigenvalue weighted by Gasteiger charge is -2.11. The Morgan fingerprint density at radius 1 is 1.43 bits per heavy atom. The average Bonchev–Trinajstić information content (AvgIpc) is 2.09. The van der Waals surface area contributed by atoms with Crippen molar-refractivity contribution in [2.24, 2.45) is 0 Å². The minimum atomic E-state index is 0.631. The lowest BCUT2D eigenvalue weighted by molar-refractivity contribution is 0.802. The molecular weight excluding hydrogens is 258 g/mol. The highest BCUT2D eigenvalue weighted by Crippen LogP contribution is 2.28. The summed E-state index contributed by atoms with van der Waals surface area (Å²) in [5, 5.41) is 3.82. The zero-order chi connectivity index (χ0) is 10.6. The molecule has 0 heterocycles. The molecule has 0 atom stereocenters. The minimum absolute atomic E-state index is 0.631. The largest absolute Gasteiger partial charge is 0.316 e. The van der Waals surface area contributed by atoms with E-state index in [0.717, 1.165) is 11.0 Å². The smallest absolute Gasteiger partial charge is 0.0214 e. The van der Waals surface area contributed by atoms with Gasteiger partial charge in [0.1, 0.15) is 0 Å². The molecule has 1 aromatic rings. The summed E-state index contributed by atoms with van der Waals surface area (Å²) in [7, 11) is 1.98. The van der Waals surface area contributed by atoms with E-state index in [0.29, 0.717) is 5.25 Å². The lowest BCUT2D eigenvalue weighted by atomic mass is 10.2. The Bertz CT molecular complexity index is 299. The van der Waals surface area contributed by atoms with E-state index < -0.39 is 0 Å². The Kier molecular flexibility index (Phi) is 4.99. The fourth-order valence-electron chi connectivity index (χ4n) is 1.25. The number of hydrogen-bond acceptors (Lipinski definition) is 2. The van der Waals surface area contributed by atoms with Crippen LogP contribution in [0.3, 0.4) is 0 Å². The third-order valence-electron chi connectivity index (χ3n) is 1.75. The first kappa shape index (κ1) is 12.1. The highest BCUT2D eigenvalue weighted by molar-refractivity contribution is 9.10. The molecule has 0 amide bonds. The van der Waals surface area contributed by atoms with Gasteiger partial charge in [0.2, 0.25) is 0 Å². The number of thioether (sulfide) groups is 1. The Morgan fingerprint density at radius 2 is 2.14 bits per heavy atom. The summed E-state index contributed by atoms with van der Waals surface area (Å²) in [6, 6.07) is 6.46. The van der Waals surface area contributed by atoms with Crippen molar-refractivity contribution in [1.82, 2.24) is 5.32 Å². The maximum Gasteiger partial charge on any atom is 0.0214 e. The first-order valence-corrected chi connectivity index (χ1v) is 6.40. The number of hydrogen-bond donors (Lipinski definition) is 1. The van der Waals surface area contributed by atoms with Crippen LogP contribution in [-0.4, -0.2) is 12.3 Å². The molecule has 0 aliphatic heterocycles. The van der Waals surface area contributed by atoms with Gasteiger partial charge in [0.15, 0.2) is 0 Å². The summed E-state index contributed by atoms with van der Waals surface area (Å²) in [4.78, 5) is 1.37. The first-order valence-electron chi connectivity index (χ1n) is 4.73. The molecule has 0 saturated heterocycles. The van der Waals surface area contributed by atoms with Crippen LogP contribution in [-0.2, 0) is 6.54 Å². The number of nitrogens with one attached hydrogen (secondary N) is 1. The van der Waals surface area contributed by atoms with E-state index in [2.05, 4.69) is 53.3 Å². The van der Waals surface area contributed by atoms with Crippen LogP contribution in [0.1, 0.15) is 19.4 Å². The molecule has 3 heteroatoms. The standard InChI is InChI=1S/C11H16BrNS/c1-8(2)14-11-5-4-10(12)6-9(11)7-13-3/h4-6,8,13H,7H2,1-3H3. The van der Waals surface area contributed by atoms with Crippen LogP contribution in [0.15, 0.2) is 27.6 Å². The van der Waals surface area contributed by atoms with E-state index in [-0.39, 0.29) is 0 Å². The molecule has 0 saturated carbocycles. The van der Waals surface area contributed by atoms with Crippen molar-refractivity contribution in [3.8, 4) is 0 Å². The third-order valence-corrected chi connectivity index (χ3v) is 3.37. The van der Waals surface area contributed by atoms with Crippen LogP contribution in [0, 0.1) is 0 Å². The normalized spacial score (nSPS) is 10.9. The molecule has 1 N–H and O–H groups in total. The molecule has 1 rings (SSSR count). The van der Waals surface area contributed by atoms with E-state index in [1.807, 2.05) is 18.8 Å². The van der Waals surface area contributed by atoms with Gasteiger partial charge < -0.3 is 5.32 Å². The first-order chi connectivity index (χ1) is 6.63. The van der Waals surface area contributed by atoms with Crippen LogP contribution in [0.2, 0.25) is 0 Å². The fraction of sp³-hybridized carbons (Fsp3) is 0.455. The van der Waals surface area contributed by atoms with Crippen molar-refractivity contribution in [2.75, 3.05) is 7.05 Å². The average molecular weight is 274 g/mol. The van der Waals surface area contributed by atoms with Gasteiger partial charge in [-0.3, -0.25) is 0 Å². The van der Waals surface area contributed by atoms with Gasteiger partial charge >= 0.3 is 0 Å². The number of halogens is 1. The lowest BCUT2D eigenvalue weighted by Crippen LogP contribution is -2.06. The summed E-state index contributed by atoms with van der Waals surface area (Å²) < 4.78 is 1.15. The molecule has 0 spiro atoms. The maximum atomic E-state index is 3.50. The molecule has 0 fully saturated rings. The molecule has 0 unspecified atom stereocenters. The molecule has 14 heavy (non-hydrogen) atoms. The van der Waals surface area contributed by atoms with Gasteiger partial charge in [-0.25, -0.2) is 0 Å². The summed E-state index contributed by atoms with van der Waals surface area (Å²) in [6.07, 6.45) is 0. The van der Waals surface area contributed by atoms with Crippen LogP contribution < -0.4 is 5.32 Å². The summed E-state index contributed by atoms with van der Waals surface area (Å²) in [5.74, 6) is 0. The fourth-order valence-corrected chi connectivity index (χ4v) is 2.59.